The fourth-order valence-corrected chi connectivity index (χ4v) is 2.56. The number of aliphatic carboxylic acids is 1. The predicted molar refractivity (Wildman–Crippen MR) is 80.0 cm³/mol. The van der Waals surface area contributed by atoms with Gasteiger partial charge >= 0.3 is 5.97 Å². The minimum Gasteiger partial charge on any atom is -0.480 e. The summed E-state index contributed by atoms with van der Waals surface area (Å²) in [6.45, 7) is 5.56. The number of nitrogens with zero attached hydrogens (tertiary/aromatic N) is 1. The van der Waals surface area contributed by atoms with Crippen molar-refractivity contribution in [2.75, 3.05) is 0 Å². The smallest absolute Gasteiger partial charge is 0.327 e. The van der Waals surface area contributed by atoms with Gasteiger partial charge in [-0.15, -0.1) is 0 Å². The summed E-state index contributed by atoms with van der Waals surface area (Å²) in [7, 11) is 0. The number of amides is 2. The van der Waals surface area contributed by atoms with E-state index in [1.807, 2.05) is 20.8 Å². The maximum atomic E-state index is 12.8. The molecule has 2 atom stereocenters. The van der Waals surface area contributed by atoms with Gasteiger partial charge in [0.25, 0.3) is 5.91 Å². The Morgan fingerprint density at radius 2 is 1.82 bits per heavy atom. The van der Waals surface area contributed by atoms with E-state index >= 15 is 0 Å². The zero-order valence-electron chi connectivity index (χ0n) is 12.9. The summed E-state index contributed by atoms with van der Waals surface area (Å²) in [5, 5.41) is 12.2. The highest BCUT2D eigenvalue weighted by Gasteiger charge is 2.46. The maximum absolute atomic E-state index is 12.8. The number of benzene rings is 1. The Hall–Kier alpha value is -2.37. The second-order valence-corrected chi connectivity index (χ2v) is 6.47. The molecular formula is C16H20N2O4. The van der Waals surface area contributed by atoms with Crippen LogP contribution in [-0.2, 0) is 9.59 Å². The van der Waals surface area contributed by atoms with Gasteiger partial charge in [0, 0.05) is 11.0 Å². The van der Waals surface area contributed by atoms with Crippen molar-refractivity contribution in [2.24, 2.45) is 5.41 Å². The number of carbonyl (C=O) groups excluding carboxylic acids is 2. The third-order valence-electron chi connectivity index (χ3n) is 3.65. The second-order valence-electron chi connectivity index (χ2n) is 6.47. The largest absolute Gasteiger partial charge is 0.480 e. The van der Waals surface area contributed by atoms with Gasteiger partial charge in [-0.25, -0.2) is 4.79 Å². The Kier molecular flexibility index (Phi) is 4.21. The Morgan fingerprint density at radius 1 is 1.23 bits per heavy atom. The molecular weight excluding hydrogens is 284 g/mol. The highest BCUT2D eigenvalue weighted by atomic mass is 16.4. The van der Waals surface area contributed by atoms with E-state index in [9.17, 15) is 19.5 Å². The van der Waals surface area contributed by atoms with Crippen LogP contribution < -0.4 is 5.32 Å². The number of hydrogen-bond donors (Lipinski definition) is 2. The summed E-state index contributed by atoms with van der Waals surface area (Å²) >= 11 is 0. The second kappa shape index (κ2) is 5.79. The topological polar surface area (TPSA) is 86.7 Å². The molecule has 2 amide bonds. The van der Waals surface area contributed by atoms with Crippen molar-refractivity contribution in [1.29, 1.82) is 0 Å². The van der Waals surface area contributed by atoms with E-state index in [-0.39, 0.29) is 12.3 Å². The first kappa shape index (κ1) is 16.0. The van der Waals surface area contributed by atoms with Gasteiger partial charge in [0.05, 0.1) is 6.42 Å². The number of hydrogen-bond acceptors (Lipinski definition) is 3. The lowest BCUT2D eigenvalue weighted by molar-refractivity contribution is -0.151. The van der Waals surface area contributed by atoms with Crippen LogP contribution in [0.1, 0.15) is 37.6 Å². The van der Waals surface area contributed by atoms with E-state index in [1.54, 1.807) is 30.3 Å². The van der Waals surface area contributed by atoms with Crippen LogP contribution in [0.5, 0.6) is 0 Å². The van der Waals surface area contributed by atoms with Gasteiger partial charge < -0.3 is 15.3 Å². The van der Waals surface area contributed by atoms with E-state index in [2.05, 4.69) is 5.32 Å². The zero-order chi connectivity index (χ0) is 16.5. The number of nitrogens with one attached hydrogen (secondary N) is 1. The van der Waals surface area contributed by atoms with Crippen molar-refractivity contribution in [3.63, 3.8) is 0 Å². The quantitative estimate of drug-likeness (QED) is 0.866. The van der Waals surface area contributed by atoms with Gasteiger partial charge in [0.1, 0.15) is 12.2 Å². The summed E-state index contributed by atoms with van der Waals surface area (Å²) in [6.07, 6.45) is -0.914. The molecule has 2 N–H and O–H groups in total. The third kappa shape index (κ3) is 3.10. The normalized spacial score (nSPS) is 22.1. The summed E-state index contributed by atoms with van der Waals surface area (Å²) in [6, 6.07) is 7.33. The zero-order valence-corrected chi connectivity index (χ0v) is 12.9. The first-order valence-corrected chi connectivity index (χ1v) is 7.11. The maximum Gasteiger partial charge on any atom is 0.327 e. The van der Waals surface area contributed by atoms with Crippen LogP contribution in [-0.4, -0.2) is 40.0 Å². The van der Waals surface area contributed by atoms with Crippen LogP contribution in [0.25, 0.3) is 0 Å². The van der Waals surface area contributed by atoms with Crippen molar-refractivity contribution in [3.8, 4) is 0 Å². The van der Waals surface area contributed by atoms with Gasteiger partial charge in [0.2, 0.25) is 5.91 Å². The number of carboxylic acids is 1. The van der Waals surface area contributed by atoms with E-state index in [4.69, 9.17) is 0 Å². The first-order chi connectivity index (χ1) is 10.2. The van der Waals surface area contributed by atoms with E-state index in [0.29, 0.717) is 5.56 Å². The Bertz CT molecular complexity index is 592. The molecule has 6 nitrogen and oxygen atoms in total. The lowest BCUT2D eigenvalue weighted by Crippen LogP contribution is -2.66. The van der Waals surface area contributed by atoms with Crippen LogP contribution in [0, 0.1) is 5.41 Å². The summed E-state index contributed by atoms with van der Waals surface area (Å²) in [4.78, 5) is 37.4. The third-order valence-corrected chi connectivity index (χ3v) is 3.65. The molecule has 1 aliphatic rings. The number of carbonyl (C=O) groups is 3. The lowest BCUT2D eigenvalue weighted by atomic mass is 9.87. The first-order valence-electron chi connectivity index (χ1n) is 7.11. The minimum atomic E-state index is -1.17. The molecule has 1 saturated heterocycles. The summed E-state index contributed by atoms with van der Waals surface area (Å²) in [5.41, 5.74) is -0.0899. The fraction of sp³-hybridized carbons (Fsp3) is 0.438. The molecule has 1 aliphatic heterocycles. The fourth-order valence-electron chi connectivity index (χ4n) is 2.56. The van der Waals surface area contributed by atoms with Gasteiger partial charge in [-0.05, 0) is 12.1 Å². The lowest BCUT2D eigenvalue weighted by Gasteiger charge is -2.46. The van der Waals surface area contributed by atoms with Crippen molar-refractivity contribution in [1.82, 2.24) is 10.2 Å². The summed E-state index contributed by atoms with van der Waals surface area (Å²) in [5.74, 6) is -1.93. The minimum absolute atomic E-state index is 0.236. The summed E-state index contributed by atoms with van der Waals surface area (Å²) < 4.78 is 0. The molecule has 1 fully saturated rings. The monoisotopic (exact) mass is 304 g/mol. The van der Waals surface area contributed by atoms with Crippen LogP contribution >= 0.6 is 0 Å². The molecule has 2 rings (SSSR count). The standard InChI is InChI=1S/C16H20N2O4/c1-16(2,3)15-17-12(19)9-11(14(21)22)18(15)13(20)10-7-5-4-6-8-10/h4-8,11,15H,9H2,1-3H3,(H,17,19)(H,21,22)/t11-,15?/m0/s1. The molecule has 0 saturated carbocycles. The molecule has 1 aromatic rings. The average molecular weight is 304 g/mol. The molecule has 0 radical (unpaired) electrons. The highest BCUT2D eigenvalue weighted by Crippen LogP contribution is 2.29. The molecule has 0 aromatic heterocycles. The van der Waals surface area contributed by atoms with Crippen LogP contribution in [0.15, 0.2) is 30.3 Å². The SMILES string of the molecule is CC(C)(C)C1NC(=O)C[C@@H](C(=O)O)N1C(=O)c1ccccc1. The molecule has 1 aromatic carbocycles. The van der Waals surface area contributed by atoms with Gasteiger partial charge in [-0.2, -0.15) is 0 Å². The van der Waals surface area contributed by atoms with Crippen molar-refractivity contribution >= 4 is 17.8 Å². The van der Waals surface area contributed by atoms with Gasteiger partial charge in [-0.3, -0.25) is 9.59 Å². The van der Waals surface area contributed by atoms with E-state index in [0.717, 1.165) is 0 Å². The number of rotatable bonds is 2. The van der Waals surface area contributed by atoms with Gasteiger partial charge in [0.15, 0.2) is 0 Å². The Labute approximate surface area is 129 Å². The molecule has 0 aliphatic carbocycles. The van der Waals surface area contributed by atoms with E-state index < -0.39 is 29.5 Å². The Morgan fingerprint density at radius 3 is 2.32 bits per heavy atom. The highest BCUT2D eigenvalue weighted by molar-refractivity contribution is 5.99. The van der Waals surface area contributed by atoms with Crippen molar-refractivity contribution < 1.29 is 19.5 Å². The number of carboxylic acid groups (broad SMARTS) is 1. The molecule has 1 unspecified atom stereocenters. The van der Waals surface area contributed by atoms with Crippen LogP contribution in [0.2, 0.25) is 0 Å². The van der Waals surface area contributed by atoms with Crippen LogP contribution in [0.3, 0.4) is 0 Å². The van der Waals surface area contributed by atoms with E-state index in [1.165, 1.54) is 4.90 Å². The average Bonchev–Trinajstić information content (AvgIpc) is 2.45. The molecule has 22 heavy (non-hydrogen) atoms. The van der Waals surface area contributed by atoms with Gasteiger partial charge in [-0.1, -0.05) is 39.0 Å². The van der Waals surface area contributed by atoms with Crippen LogP contribution in [0.4, 0.5) is 0 Å². The molecule has 118 valence electrons. The molecule has 0 bridgehead atoms. The predicted octanol–water partition coefficient (Wildman–Crippen LogP) is 1.47. The van der Waals surface area contributed by atoms with Crippen molar-refractivity contribution in [3.05, 3.63) is 35.9 Å². The molecule has 6 heteroatoms. The molecule has 0 spiro atoms. The molecule has 1 heterocycles. The Balaban J connectivity index is 2.46. The van der Waals surface area contributed by atoms with Crippen molar-refractivity contribution in [2.45, 2.75) is 39.4 Å².